The fraction of sp³-hybridized carbons (Fsp3) is 0. The van der Waals surface area contributed by atoms with Gasteiger partial charge in [-0.05, 0) is 35.9 Å². The van der Waals surface area contributed by atoms with Gasteiger partial charge < -0.3 is 0 Å². The van der Waals surface area contributed by atoms with Gasteiger partial charge >= 0.3 is 0 Å². The molecule has 0 atom stereocenters. The van der Waals surface area contributed by atoms with E-state index in [0.29, 0.717) is 21.7 Å². The van der Waals surface area contributed by atoms with Gasteiger partial charge in [-0.25, -0.2) is 4.39 Å². The summed E-state index contributed by atoms with van der Waals surface area (Å²) in [5.74, 6) is -0.325. The van der Waals surface area contributed by atoms with E-state index >= 15 is 0 Å². The Labute approximate surface area is 97.7 Å². The molecule has 1 nitrogen and oxygen atoms in total. The van der Waals surface area contributed by atoms with Crippen LogP contribution in [0.1, 0.15) is 5.56 Å². The summed E-state index contributed by atoms with van der Waals surface area (Å²) in [6, 6.07) is 13.1. The van der Waals surface area contributed by atoms with Crippen molar-refractivity contribution in [1.29, 1.82) is 5.26 Å². The fourth-order valence-corrected chi connectivity index (χ4v) is 1.62. The van der Waals surface area contributed by atoms with Gasteiger partial charge in [0.2, 0.25) is 0 Å². The molecule has 2 rings (SSSR count). The molecule has 0 radical (unpaired) electrons. The van der Waals surface area contributed by atoms with Crippen LogP contribution in [0.2, 0.25) is 5.02 Å². The minimum atomic E-state index is -0.325. The van der Waals surface area contributed by atoms with Gasteiger partial charge in [0.1, 0.15) is 5.82 Å². The Morgan fingerprint density at radius 2 is 1.75 bits per heavy atom. The molecule has 2 aromatic carbocycles. The maximum absolute atomic E-state index is 13.5. The van der Waals surface area contributed by atoms with Crippen molar-refractivity contribution in [3.05, 3.63) is 58.9 Å². The lowest BCUT2D eigenvalue weighted by Gasteiger charge is -2.03. The van der Waals surface area contributed by atoms with Crippen LogP contribution in [0, 0.1) is 17.1 Å². The number of nitriles is 1. The molecule has 16 heavy (non-hydrogen) atoms. The number of benzene rings is 2. The maximum Gasteiger partial charge on any atom is 0.131 e. The molecule has 78 valence electrons. The molecule has 0 spiro atoms. The third-order valence-corrected chi connectivity index (χ3v) is 2.49. The second-order valence-electron chi connectivity index (χ2n) is 3.31. The average Bonchev–Trinajstić information content (AvgIpc) is 2.32. The Bertz CT molecular complexity index is 555. The largest absolute Gasteiger partial charge is 0.206 e. The van der Waals surface area contributed by atoms with E-state index < -0.39 is 0 Å². The van der Waals surface area contributed by atoms with Gasteiger partial charge in [-0.1, -0.05) is 23.7 Å². The van der Waals surface area contributed by atoms with E-state index in [2.05, 4.69) is 0 Å². The maximum atomic E-state index is 13.5. The molecule has 0 bridgehead atoms. The topological polar surface area (TPSA) is 23.8 Å². The van der Waals surface area contributed by atoms with Crippen molar-refractivity contribution < 1.29 is 4.39 Å². The van der Waals surface area contributed by atoms with Gasteiger partial charge in [0.25, 0.3) is 0 Å². The van der Waals surface area contributed by atoms with Crippen LogP contribution in [0.25, 0.3) is 11.1 Å². The molecule has 0 aliphatic carbocycles. The third-order valence-electron chi connectivity index (χ3n) is 2.25. The van der Waals surface area contributed by atoms with Gasteiger partial charge in [0, 0.05) is 10.6 Å². The first kappa shape index (κ1) is 10.7. The van der Waals surface area contributed by atoms with Crippen molar-refractivity contribution in [2.45, 2.75) is 0 Å². The molecule has 0 saturated carbocycles. The highest BCUT2D eigenvalue weighted by molar-refractivity contribution is 6.30. The SMILES string of the molecule is N#Cc1ccc(-c2cc(Cl)ccc2F)cc1. The van der Waals surface area contributed by atoms with E-state index in [1.165, 1.54) is 12.1 Å². The van der Waals surface area contributed by atoms with E-state index in [0.717, 1.165) is 0 Å². The molecule has 0 heterocycles. The molecule has 3 heteroatoms. The highest BCUT2D eigenvalue weighted by Gasteiger charge is 2.05. The molecule has 0 fully saturated rings. The Kier molecular flexibility index (Phi) is 2.89. The number of hydrogen-bond acceptors (Lipinski definition) is 1. The molecule has 0 amide bonds. The first-order chi connectivity index (χ1) is 7.70. The van der Waals surface area contributed by atoms with E-state index in [1.54, 1.807) is 30.3 Å². The predicted octanol–water partition coefficient (Wildman–Crippen LogP) is 4.02. The lowest BCUT2D eigenvalue weighted by Crippen LogP contribution is -1.84. The molecule has 0 aliphatic heterocycles. The van der Waals surface area contributed by atoms with Crippen LogP contribution in [0.3, 0.4) is 0 Å². The summed E-state index contributed by atoms with van der Waals surface area (Å²) < 4.78 is 13.5. The third kappa shape index (κ3) is 2.05. The van der Waals surface area contributed by atoms with E-state index in [1.807, 2.05) is 6.07 Å². The minimum Gasteiger partial charge on any atom is -0.206 e. The minimum absolute atomic E-state index is 0.325. The van der Waals surface area contributed by atoms with Crippen LogP contribution >= 0.6 is 11.6 Å². The standard InChI is InChI=1S/C13H7ClFN/c14-11-5-6-13(15)12(7-11)10-3-1-9(8-16)2-4-10/h1-7H. The van der Waals surface area contributed by atoms with Crippen LogP contribution in [0.5, 0.6) is 0 Å². The van der Waals surface area contributed by atoms with Gasteiger partial charge in [-0.2, -0.15) is 5.26 Å². The van der Waals surface area contributed by atoms with Crippen molar-refractivity contribution in [2.24, 2.45) is 0 Å². The molecule has 0 aromatic heterocycles. The first-order valence-corrected chi connectivity index (χ1v) is 5.04. The summed E-state index contributed by atoms with van der Waals surface area (Å²) in [5, 5.41) is 9.14. The summed E-state index contributed by atoms with van der Waals surface area (Å²) in [6.45, 7) is 0. The van der Waals surface area contributed by atoms with Crippen LogP contribution in [0.4, 0.5) is 4.39 Å². The number of halogens is 2. The molecular formula is C13H7ClFN. The van der Waals surface area contributed by atoms with Crippen LogP contribution in [-0.2, 0) is 0 Å². The predicted molar refractivity (Wildman–Crippen MR) is 61.6 cm³/mol. The van der Waals surface area contributed by atoms with Crippen LogP contribution < -0.4 is 0 Å². The van der Waals surface area contributed by atoms with E-state index in [9.17, 15) is 4.39 Å². The smallest absolute Gasteiger partial charge is 0.131 e. The molecule has 2 aromatic rings. The zero-order chi connectivity index (χ0) is 11.5. The van der Waals surface area contributed by atoms with E-state index in [4.69, 9.17) is 16.9 Å². The van der Waals surface area contributed by atoms with E-state index in [-0.39, 0.29) is 5.82 Å². The quantitative estimate of drug-likeness (QED) is 0.727. The number of hydrogen-bond donors (Lipinski definition) is 0. The summed E-state index contributed by atoms with van der Waals surface area (Å²) in [6.07, 6.45) is 0. The zero-order valence-electron chi connectivity index (χ0n) is 8.24. The summed E-state index contributed by atoms with van der Waals surface area (Å²) in [5.41, 5.74) is 1.70. The van der Waals surface area contributed by atoms with Crippen molar-refractivity contribution in [1.82, 2.24) is 0 Å². The summed E-state index contributed by atoms with van der Waals surface area (Å²) in [4.78, 5) is 0. The molecule has 0 aliphatic rings. The Hall–Kier alpha value is -1.85. The molecular weight excluding hydrogens is 225 g/mol. The van der Waals surface area contributed by atoms with Crippen LogP contribution in [-0.4, -0.2) is 0 Å². The average molecular weight is 232 g/mol. The fourth-order valence-electron chi connectivity index (χ4n) is 1.44. The normalized spacial score (nSPS) is 9.81. The van der Waals surface area contributed by atoms with Gasteiger partial charge in [0.15, 0.2) is 0 Å². The lowest BCUT2D eigenvalue weighted by molar-refractivity contribution is 0.631. The second-order valence-corrected chi connectivity index (χ2v) is 3.75. The number of nitrogens with zero attached hydrogens (tertiary/aromatic N) is 1. The van der Waals surface area contributed by atoms with Crippen molar-refractivity contribution in [2.75, 3.05) is 0 Å². The molecule has 0 saturated heterocycles. The monoisotopic (exact) mass is 231 g/mol. The van der Waals surface area contributed by atoms with Gasteiger partial charge in [-0.15, -0.1) is 0 Å². The number of rotatable bonds is 1. The van der Waals surface area contributed by atoms with Crippen molar-refractivity contribution in [3.8, 4) is 17.2 Å². The summed E-state index contributed by atoms with van der Waals surface area (Å²) >= 11 is 5.81. The van der Waals surface area contributed by atoms with Crippen molar-refractivity contribution >= 4 is 11.6 Å². The summed E-state index contributed by atoms with van der Waals surface area (Å²) in [7, 11) is 0. The highest BCUT2D eigenvalue weighted by atomic mass is 35.5. The molecule has 0 unspecified atom stereocenters. The zero-order valence-corrected chi connectivity index (χ0v) is 9.00. The second kappa shape index (κ2) is 4.34. The Balaban J connectivity index is 2.50. The van der Waals surface area contributed by atoms with Crippen LogP contribution in [0.15, 0.2) is 42.5 Å². The Morgan fingerprint density at radius 3 is 2.38 bits per heavy atom. The first-order valence-electron chi connectivity index (χ1n) is 4.66. The Morgan fingerprint density at radius 1 is 1.06 bits per heavy atom. The molecule has 0 N–H and O–H groups in total. The van der Waals surface area contributed by atoms with Gasteiger partial charge in [-0.3, -0.25) is 0 Å². The van der Waals surface area contributed by atoms with Gasteiger partial charge in [0.05, 0.1) is 11.6 Å². The van der Waals surface area contributed by atoms with Crippen molar-refractivity contribution in [3.63, 3.8) is 0 Å². The lowest BCUT2D eigenvalue weighted by atomic mass is 10.0. The highest BCUT2D eigenvalue weighted by Crippen LogP contribution is 2.26.